The van der Waals surface area contributed by atoms with Crippen molar-refractivity contribution in [3.63, 3.8) is 0 Å². The molecule has 0 unspecified atom stereocenters. The van der Waals surface area contributed by atoms with Crippen LogP contribution >= 0.6 is 0 Å². The van der Waals surface area contributed by atoms with E-state index in [4.69, 9.17) is 39.1 Å². The molecule has 0 heterocycles. The van der Waals surface area contributed by atoms with Crippen LogP contribution in [0.5, 0.6) is 11.5 Å². The van der Waals surface area contributed by atoms with Gasteiger partial charge in [-0.15, -0.1) is 0 Å². The van der Waals surface area contributed by atoms with Crippen molar-refractivity contribution in [2.45, 2.75) is 6.92 Å². The summed E-state index contributed by atoms with van der Waals surface area (Å²) in [6.45, 7) is 5.75. The molecule has 0 aliphatic rings. The molecule has 0 aliphatic carbocycles. The first kappa shape index (κ1) is 22.6. The Labute approximate surface area is 146 Å². The number of hydrogen-bond acceptors (Lipinski definition) is 7. The van der Waals surface area contributed by atoms with Crippen LogP contribution in [0.25, 0.3) is 0 Å². The van der Waals surface area contributed by atoms with Crippen LogP contribution in [0, 0.1) is 0 Å². The average Bonchev–Trinajstić information content (AvgIpc) is 2.58. The van der Waals surface area contributed by atoms with E-state index in [1.54, 1.807) is 0 Å². The highest BCUT2D eigenvalue weighted by atomic mass is 16.5. The Morgan fingerprint density at radius 3 is 2.20 bits per heavy atom. The Morgan fingerprint density at radius 2 is 1.64 bits per heavy atom. The Bertz CT molecular complexity index is 483. The number of hydrogen-bond donors (Lipinski definition) is 4. The number of carboxylic acid groups (broad SMARTS) is 2. The lowest BCUT2D eigenvalue weighted by atomic mass is 10.3. The summed E-state index contributed by atoms with van der Waals surface area (Å²) < 4.78 is 16.3. The van der Waals surface area contributed by atoms with E-state index in [1.165, 1.54) is 0 Å². The minimum atomic E-state index is -1.82. The van der Waals surface area contributed by atoms with E-state index < -0.39 is 11.9 Å². The summed E-state index contributed by atoms with van der Waals surface area (Å²) in [7, 11) is 0. The van der Waals surface area contributed by atoms with E-state index in [0.29, 0.717) is 33.0 Å². The van der Waals surface area contributed by atoms with Crippen molar-refractivity contribution in [3.05, 3.63) is 24.3 Å². The van der Waals surface area contributed by atoms with Crippen molar-refractivity contribution in [3.8, 4) is 11.5 Å². The van der Waals surface area contributed by atoms with Gasteiger partial charge in [-0.25, -0.2) is 9.59 Å². The number of carboxylic acids is 2. The van der Waals surface area contributed by atoms with Crippen molar-refractivity contribution in [2.75, 3.05) is 46.1 Å². The highest BCUT2D eigenvalue weighted by Crippen LogP contribution is 2.19. The first-order chi connectivity index (χ1) is 12.0. The lowest BCUT2D eigenvalue weighted by Crippen LogP contribution is -2.23. The minimum Gasteiger partial charge on any atom is -0.494 e. The minimum absolute atomic E-state index is 0.152. The number of carbonyl (C=O) groups is 2. The molecule has 0 radical (unpaired) electrons. The number of rotatable bonds is 11. The molecule has 0 bridgehead atoms. The van der Waals surface area contributed by atoms with Crippen molar-refractivity contribution in [2.24, 2.45) is 0 Å². The largest absolute Gasteiger partial charge is 0.494 e. The molecule has 25 heavy (non-hydrogen) atoms. The molecule has 0 saturated heterocycles. The zero-order valence-corrected chi connectivity index (χ0v) is 14.1. The van der Waals surface area contributed by atoms with Crippen LogP contribution in [0.15, 0.2) is 24.3 Å². The molecule has 0 spiro atoms. The summed E-state index contributed by atoms with van der Waals surface area (Å²) in [6, 6.07) is 7.57. The van der Waals surface area contributed by atoms with E-state index in [0.717, 1.165) is 18.0 Å². The molecule has 9 nitrogen and oxygen atoms in total. The summed E-state index contributed by atoms with van der Waals surface area (Å²) in [5, 5.41) is 26.4. The van der Waals surface area contributed by atoms with Gasteiger partial charge in [-0.3, -0.25) is 0 Å². The Kier molecular flexibility index (Phi) is 13.8. The average molecular weight is 359 g/mol. The van der Waals surface area contributed by atoms with Crippen LogP contribution in [-0.4, -0.2) is 73.4 Å². The molecule has 9 heteroatoms. The number of aliphatic carboxylic acids is 2. The van der Waals surface area contributed by atoms with Gasteiger partial charge in [-0.05, 0) is 19.1 Å². The zero-order valence-electron chi connectivity index (χ0n) is 14.1. The molecule has 0 aliphatic heterocycles. The van der Waals surface area contributed by atoms with Crippen LogP contribution < -0.4 is 14.8 Å². The van der Waals surface area contributed by atoms with Gasteiger partial charge in [-0.1, -0.05) is 6.07 Å². The third kappa shape index (κ3) is 13.7. The molecule has 0 saturated carbocycles. The Balaban J connectivity index is 0.000000823. The second-order valence-corrected chi connectivity index (χ2v) is 4.45. The zero-order chi connectivity index (χ0) is 18.9. The molecule has 1 aromatic rings. The van der Waals surface area contributed by atoms with Crippen molar-refractivity contribution >= 4 is 11.9 Å². The summed E-state index contributed by atoms with van der Waals surface area (Å²) in [6.07, 6.45) is 0. The number of aliphatic hydroxyl groups is 1. The highest BCUT2D eigenvalue weighted by molar-refractivity contribution is 6.27. The lowest BCUT2D eigenvalue weighted by molar-refractivity contribution is -0.159. The van der Waals surface area contributed by atoms with Gasteiger partial charge in [0, 0.05) is 19.2 Å². The van der Waals surface area contributed by atoms with E-state index in [-0.39, 0.29) is 6.61 Å². The molecule has 0 amide bonds. The van der Waals surface area contributed by atoms with Crippen LogP contribution in [0.3, 0.4) is 0 Å². The standard InChI is InChI=1S/C14H23NO4.C2H2O4/c1-2-18-13-4-3-5-14(12-13)19-11-10-17-9-7-15-6-8-16;3-1(4)2(5)6/h3-5,12,15-16H,2,6-11H2,1H3;(H,3,4)(H,5,6). The Morgan fingerprint density at radius 1 is 1.00 bits per heavy atom. The maximum absolute atomic E-state index is 9.10. The second-order valence-electron chi connectivity index (χ2n) is 4.45. The molecular weight excluding hydrogens is 334 g/mol. The molecule has 142 valence electrons. The van der Waals surface area contributed by atoms with Gasteiger partial charge in [0.1, 0.15) is 18.1 Å². The van der Waals surface area contributed by atoms with Gasteiger partial charge in [0.2, 0.25) is 0 Å². The maximum atomic E-state index is 9.10. The highest BCUT2D eigenvalue weighted by Gasteiger charge is 2.04. The van der Waals surface area contributed by atoms with Crippen molar-refractivity contribution < 1.29 is 39.1 Å². The third-order valence-corrected chi connectivity index (χ3v) is 2.51. The summed E-state index contributed by atoms with van der Waals surface area (Å²) in [5.74, 6) is -2.05. The smallest absolute Gasteiger partial charge is 0.414 e. The van der Waals surface area contributed by atoms with E-state index in [9.17, 15) is 0 Å². The summed E-state index contributed by atoms with van der Waals surface area (Å²) in [4.78, 5) is 18.2. The van der Waals surface area contributed by atoms with Gasteiger partial charge in [0.15, 0.2) is 0 Å². The molecule has 0 atom stereocenters. The number of ether oxygens (including phenoxy) is 3. The van der Waals surface area contributed by atoms with Crippen LogP contribution in [0.2, 0.25) is 0 Å². The second kappa shape index (κ2) is 15.2. The van der Waals surface area contributed by atoms with Gasteiger partial charge in [0.25, 0.3) is 0 Å². The molecule has 0 fully saturated rings. The van der Waals surface area contributed by atoms with Crippen molar-refractivity contribution in [1.82, 2.24) is 5.32 Å². The maximum Gasteiger partial charge on any atom is 0.414 e. The lowest BCUT2D eigenvalue weighted by Gasteiger charge is -2.09. The fourth-order valence-corrected chi connectivity index (χ4v) is 1.49. The number of aliphatic hydroxyl groups excluding tert-OH is 1. The number of benzene rings is 1. The summed E-state index contributed by atoms with van der Waals surface area (Å²) in [5.41, 5.74) is 0. The van der Waals surface area contributed by atoms with E-state index >= 15 is 0 Å². The molecular formula is C16H25NO8. The fourth-order valence-electron chi connectivity index (χ4n) is 1.49. The van der Waals surface area contributed by atoms with Crippen LogP contribution in [0.4, 0.5) is 0 Å². The monoisotopic (exact) mass is 359 g/mol. The fraction of sp³-hybridized carbons (Fsp3) is 0.500. The quantitative estimate of drug-likeness (QED) is 0.323. The predicted molar refractivity (Wildman–Crippen MR) is 89.2 cm³/mol. The van der Waals surface area contributed by atoms with Gasteiger partial charge in [-0.2, -0.15) is 0 Å². The molecule has 0 aromatic heterocycles. The topological polar surface area (TPSA) is 135 Å². The van der Waals surface area contributed by atoms with E-state index in [2.05, 4.69) is 5.32 Å². The van der Waals surface area contributed by atoms with Crippen molar-refractivity contribution in [1.29, 1.82) is 0 Å². The predicted octanol–water partition coefficient (Wildman–Crippen LogP) is 0.218. The van der Waals surface area contributed by atoms with Gasteiger partial charge in [0.05, 0.1) is 26.4 Å². The third-order valence-electron chi connectivity index (χ3n) is 2.51. The molecule has 1 rings (SSSR count). The first-order valence-corrected chi connectivity index (χ1v) is 7.72. The molecule has 1 aromatic carbocycles. The molecule has 4 N–H and O–H groups in total. The normalized spacial score (nSPS) is 9.68. The van der Waals surface area contributed by atoms with Gasteiger partial charge < -0.3 is 34.8 Å². The number of nitrogens with one attached hydrogen (secondary N) is 1. The van der Waals surface area contributed by atoms with E-state index in [1.807, 2.05) is 31.2 Å². The van der Waals surface area contributed by atoms with Gasteiger partial charge >= 0.3 is 11.9 Å². The Hall–Kier alpha value is -2.36. The van der Waals surface area contributed by atoms with Crippen LogP contribution in [-0.2, 0) is 14.3 Å². The summed E-state index contributed by atoms with van der Waals surface area (Å²) >= 11 is 0. The first-order valence-electron chi connectivity index (χ1n) is 7.72. The van der Waals surface area contributed by atoms with Crippen LogP contribution in [0.1, 0.15) is 6.92 Å². The SMILES string of the molecule is CCOc1cccc(OCCOCCNCCO)c1.O=C(O)C(=O)O.